The van der Waals surface area contributed by atoms with Crippen molar-refractivity contribution >= 4 is 16.8 Å². The Morgan fingerprint density at radius 3 is 2.87 bits per heavy atom. The highest BCUT2D eigenvalue weighted by Gasteiger charge is 2.25. The molecule has 2 heterocycles. The van der Waals surface area contributed by atoms with Crippen LogP contribution in [0.4, 0.5) is 4.39 Å². The molecule has 164 valence electrons. The van der Waals surface area contributed by atoms with E-state index in [0.717, 1.165) is 50.0 Å². The van der Waals surface area contributed by atoms with Crippen molar-refractivity contribution in [3.05, 3.63) is 53.5 Å². The zero-order valence-electron chi connectivity index (χ0n) is 20.4. The molecule has 0 aliphatic carbocycles. The highest BCUT2D eigenvalue weighted by molar-refractivity contribution is 5.94. The molecular weight excluding hydrogens is 400 g/mol. The first-order valence-electron chi connectivity index (χ1n) is 11.9. The summed E-state index contributed by atoms with van der Waals surface area (Å²) in [5, 5.41) is 5.07. The third kappa shape index (κ3) is 4.88. The first-order chi connectivity index (χ1) is 16.2. The molecule has 2 aromatic carbocycles. The highest BCUT2D eigenvalue weighted by Crippen LogP contribution is 2.33. The van der Waals surface area contributed by atoms with Crippen LogP contribution in [0.2, 0.25) is 0 Å². The highest BCUT2D eigenvalue weighted by atomic mass is 19.1. The number of piperidine rings is 1. The molecular formula is C24H27FN2O4. The van der Waals surface area contributed by atoms with E-state index in [0.29, 0.717) is 23.5 Å². The number of ether oxygens (including phenoxy) is 2. The largest absolute Gasteiger partial charge is 0.493 e. The zero-order chi connectivity index (χ0) is 24.3. The van der Waals surface area contributed by atoms with Gasteiger partial charge in [0.05, 0.1) is 23.5 Å². The zero-order valence-corrected chi connectivity index (χ0v) is 17.4. The number of aromatic nitrogens is 1. The topological polar surface area (TPSA) is 64.8 Å². The number of likely N-dealkylation sites (tertiary alicyclic amines) is 1. The fraction of sp³-hybridized carbons (Fsp3) is 0.417. The molecule has 0 spiro atoms. The number of ketones is 1. The number of carbonyl (C=O) groups is 1. The Balaban J connectivity index is 1.27. The van der Waals surface area contributed by atoms with Crippen molar-refractivity contribution in [3.8, 4) is 11.5 Å². The normalized spacial score (nSPS) is 17.2. The standard InChI is InChI=1S/C24H27FN2O4/c1-16(28)18-4-7-21(23(14-18)29-2)30-13-3-10-27-11-8-17(9-12-27)24-20-6-5-19(25)15-22(20)31-26-24/h4-7,14-15,17H,3,8-13H2,1-2H3/i2+1D3. The smallest absolute Gasteiger partial charge is 0.170 e. The third-order valence-corrected chi connectivity index (χ3v) is 5.77. The third-order valence-electron chi connectivity index (χ3n) is 5.77. The number of rotatable bonds is 8. The molecule has 0 atom stereocenters. The summed E-state index contributed by atoms with van der Waals surface area (Å²) in [6, 6.07) is 9.09. The van der Waals surface area contributed by atoms with Gasteiger partial charge in [0.25, 0.3) is 0 Å². The van der Waals surface area contributed by atoms with Crippen molar-refractivity contribution in [2.45, 2.75) is 32.1 Å². The second-order valence-electron chi connectivity index (χ2n) is 7.85. The molecule has 0 unspecified atom stereocenters. The lowest BCUT2D eigenvalue weighted by atomic mass is 9.91. The van der Waals surface area contributed by atoms with Crippen LogP contribution in [-0.2, 0) is 0 Å². The minimum absolute atomic E-state index is 0.0354. The van der Waals surface area contributed by atoms with Gasteiger partial charge >= 0.3 is 0 Å². The van der Waals surface area contributed by atoms with Gasteiger partial charge in [0.15, 0.2) is 22.9 Å². The van der Waals surface area contributed by atoms with E-state index in [1.54, 1.807) is 18.2 Å². The molecule has 6 nitrogen and oxygen atoms in total. The molecule has 1 aromatic heterocycles. The Morgan fingerprint density at radius 2 is 2.10 bits per heavy atom. The molecule has 7 heteroatoms. The summed E-state index contributed by atoms with van der Waals surface area (Å²) in [5.74, 6) is 0.0938. The minimum atomic E-state index is -2.64. The molecule has 0 N–H and O–H groups in total. The summed E-state index contributed by atoms with van der Waals surface area (Å²) >= 11 is 0. The molecule has 1 fully saturated rings. The van der Waals surface area contributed by atoms with Gasteiger partial charge in [-0.1, -0.05) is 5.16 Å². The fourth-order valence-electron chi connectivity index (χ4n) is 4.05. The summed E-state index contributed by atoms with van der Waals surface area (Å²) in [6.07, 6.45) is 2.62. The molecule has 31 heavy (non-hydrogen) atoms. The molecule has 0 radical (unpaired) electrons. The van der Waals surface area contributed by atoms with Crippen molar-refractivity contribution in [1.82, 2.24) is 10.1 Å². The van der Waals surface area contributed by atoms with Gasteiger partial charge in [0.1, 0.15) is 5.82 Å². The molecule has 0 amide bonds. The van der Waals surface area contributed by atoms with Crippen LogP contribution in [-0.4, -0.2) is 49.1 Å². The maximum Gasteiger partial charge on any atom is 0.170 e. The molecule has 1 aliphatic heterocycles. The molecule has 0 saturated carbocycles. The van der Waals surface area contributed by atoms with Gasteiger partial charge < -0.3 is 18.9 Å². The van der Waals surface area contributed by atoms with Crippen molar-refractivity contribution in [2.75, 3.05) is 33.3 Å². The predicted molar refractivity (Wildman–Crippen MR) is 115 cm³/mol. The number of methoxy groups -OCH3 is 1. The van der Waals surface area contributed by atoms with Crippen LogP contribution < -0.4 is 9.47 Å². The van der Waals surface area contributed by atoms with E-state index < -0.39 is 7.04 Å². The van der Waals surface area contributed by atoms with Gasteiger partial charge in [-0.3, -0.25) is 4.79 Å². The van der Waals surface area contributed by atoms with E-state index in [4.69, 9.17) is 18.1 Å². The van der Waals surface area contributed by atoms with E-state index in [-0.39, 0.29) is 23.3 Å². The number of benzene rings is 2. The molecule has 1 aliphatic rings. The number of Topliss-reactive ketones (excluding diaryl/α,β-unsaturated/α-hetero) is 1. The number of halogens is 1. The van der Waals surface area contributed by atoms with Crippen LogP contribution in [0.15, 0.2) is 40.9 Å². The van der Waals surface area contributed by atoms with Gasteiger partial charge in [-0.15, -0.1) is 0 Å². The Morgan fingerprint density at radius 1 is 1.26 bits per heavy atom. The van der Waals surface area contributed by atoms with E-state index in [1.165, 1.54) is 25.1 Å². The summed E-state index contributed by atoms with van der Waals surface area (Å²) in [4.78, 5) is 14.0. The number of hydrogen-bond donors (Lipinski definition) is 0. The van der Waals surface area contributed by atoms with E-state index in [9.17, 15) is 9.18 Å². The Hall–Kier alpha value is -2.93. The minimum Gasteiger partial charge on any atom is -0.493 e. The average Bonchev–Trinajstić information content (AvgIpc) is 3.19. The van der Waals surface area contributed by atoms with Crippen LogP contribution in [0.1, 0.15) is 52.3 Å². The van der Waals surface area contributed by atoms with Crippen LogP contribution >= 0.6 is 0 Å². The van der Waals surface area contributed by atoms with E-state index in [1.807, 2.05) is 0 Å². The maximum atomic E-state index is 13.4. The quantitative estimate of drug-likeness (QED) is 0.290. The molecule has 4 rings (SSSR count). The predicted octanol–water partition coefficient (Wildman–Crippen LogP) is 4.83. The van der Waals surface area contributed by atoms with Gasteiger partial charge in [-0.05, 0) is 69.6 Å². The lowest BCUT2D eigenvalue weighted by molar-refractivity contribution is 0.101. The lowest BCUT2D eigenvalue weighted by Crippen LogP contribution is -2.34. The summed E-state index contributed by atoms with van der Waals surface area (Å²) in [7, 11) is -2.64. The molecule has 1 saturated heterocycles. The summed E-state index contributed by atoms with van der Waals surface area (Å²) < 4.78 is 51.6. The molecule has 3 aromatic rings. The van der Waals surface area contributed by atoms with Crippen LogP contribution in [0.25, 0.3) is 11.0 Å². The Bertz CT molecular complexity index is 1160. The van der Waals surface area contributed by atoms with Gasteiger partial charge in [0.2, 0.25) is 0 Å². The second kappa shape index (κ2) is 9.47. The number of fused-ring (bicyclic) bond motifs is 1. The maximum absolute atomic E-state index is 13.4. The first-order valence-corrected chi connectivity index (χ1v) is 10.4. The summed E-state index contributed by atoms with van der Waals surface area (Å²) in [5.41, 5.74) is 1.74. The number of carbonyl (C=O) groups excluding carboxylic acids is 1. The van der Waals surface area contributed by atoms with Crippen molar-refractivity contribution < 1.29 is 27.3 Å². The number of hydrogen-bond acceptors (Lipinski definition) is 6. The average molecular weight is 430 g/mol. The Labute approximate surface area is 185 Å². The lowest BCUT2D eigenvalue weighted by Gasteiger charge is -2.31. The fourth-order valence-corrected chi connectivity index (χ4v) is 4.05. The number of nitrogens with zero attached hydrogens (tertiary/aromatic N) is 2. The van der Waals surface area contributed by atoms with E-state index in [2.05, 4.69) is 10.1 Å². The second-order valence-corrected chi connectivity index (χ2v) is 7.85. The van der Waals surface area contributed by atoms with Gasteiger partial charge in [-0.25, -0.2) is 4.39 Å². The van der Waals surface area contributed by atoms with Crippen molar-refractivity contribution in [1.29, 1.82) is 0 Å². The van der Waals surface area contributed by atoms with Crippen LogP contribution in [0.3, 0.4) is 0 Å². The Kier molecular flexibility index (Phi) is 5.41. The monoisotopic (exact) mass is 430 g/mol. The molecule has 0 bridgehead atoms. The van der Waals surface area contributed by atoms with Crippen LogP contribution in [0, 0.1) is 5.82 Å². The van der Waals surface area contributed by atoms with Gasteiger partial charge in [0, 0.05) is 29.5 Å². The SMILES string of the molecule is [2H][13C]([2H])([2H])Oc1cc(C(C)=O)ccc1OCCCN1CCC(c2noc3cc(F)ccc23)CC1. The van der Waals surface area contributed by atoms with Crippen molar-refractivity contribution in [3.63, 3.8) is 0 Å². The van der Waals surface area contributed by atoms with Crippen molar-refractivity contribution in [2.24, 2.45) is 0 Å². The summed E-state index contributed by atoms with van der Waals surface area (Å²) in [6.45, 7) is 4.43. The van der Waals surface area contributed by atoms with E-state index >= 15 is 0 Å². The van der Waals surface area contributed by atoms with Crippen LogP contribution in [0.5, 0.6) is 11.5 Å². The van der Waals surface area contributed by atoms with Gasteiger partial charge in [-0.2, -0.15) is 0 Å². The first kappa shape index (κ1) is 17.7.